The number of benzene rings is 2. The summed E-state index contributed by atoms with van der Waals surface area (Å²) in [5, 5.41) is 4.45. The highest BCUT2D eigenvalue weighted by Gasteiger charge is 2.36. The molecule has 0 spiro atoms. The van der Waals surface area contributed by atoms with Crippen LogP contribution in [0.1, 0.15) is 82.3 Å². The molecule has 1 atom stereocenters. The molecular formula is C33H46F3N3O4. The molecule has 2 aromatic carbocycles. The Morgan fingerprint density at radius 1 is 0.791 bits per heavy atom. The number of nitrogens with zero attached hydrogens (tertiary/aromatic N) is 1. The van der Waals surface area contributed by atoms with Crippen molar-refractivity contribution in [3.8, 4) is 0 Å². The van der Waals surface area contributed by atoms with E-state index >= 15 is 0 Å². The number of carbonyl (C=O) groups excluding carboxylic acids is 3. The standard InChI is InChI=1S/C33H46F3N3O4/c1-2-3-4-5-6-7-8-9-10-17-22-39(26-33(34,35)36)29(23-27-18-13-11-14-19-27)31(41)38-30(40)24-37-32(42)43-25-28-20-15-12-16-21-28/h11-16,18-21,29H,2-10,17,22-26H2,1H3,(H,37,42)(H,38,40,41)/t29-/m0/s1. The summed E-state index contributed by atoms with van der Waals surface area (Å²) in [7, 11) is 0. The lowest BCUT2D eigenvalue weighted by Crippen LogP contribution is -2.53. The molecule has 7 nitrogen and oxygen atoms in total. The molecule has 0 aliphatic carbocycles. The maximum absolute atomic E-state index is 13.6. The Kier molecular flexibility index (Phi) is 17.1. The topological polar surface area (TPSA) is 87.7 Å². The second kappa shape index (κ2) is 20.5. The second-order valence-corrected chi connectivity index (χ2v) is 10.8. The van der Waals surface area contributed by atoms with Gasteiger partial charge in [0.05, 0.1) is 12.6 Å². The van der Waals surface area contributed by atoms with Crippen molar-refractivity contribution in [3.63, 3.8) is 0 Å². The van der Waals surface area contributed by atoms with Crippen molar-refractivity contribution in [1.29, 1.82) is 0 Å². The van der Waals surface area contributed by atoms with Crippen LogP contribution >= 0.6 is 0 Å². The summed E-state index contributed by atoms with van der Waals surface area (Å²) in [4.78, 5) is 38.8. The van der Waals surface area contributed by atoms with Crippen LogP contribution in [-0.2, 0) is 27.4 Å². The van der Waals surface area contributed by atoms with Crippen molar-refractivity contribution in [3.05, 3.63) is 71.8 Å². The van der Waals surface area contributed by atoms with Gasteiger partial charge in [0.1, 0.15) is 13.2 Å². The van der Waals surface area contributed by atoms with Crippen molar-refractivity contribution >= 4 is 17.9 Å². The first-order chi connectivity index (χ1) is 20.7. The highest BCUT2D eigenvalue weighted by atomic mass is 19.4. The van der Waals surface area contributed by atoms with Gasteiger partial charge in [-0.15, -0.1) is 0 Å². The highest BCUT2D eigenvalue weighted by Crippen LogP contribution is 2.21. The Labute approximate surface area is 253 Å². The Hall–Kier alpha value is -3.40. The van der Waals surface area contributed by atoms with Crippen molar-refractivity contribution in [1.82, 2.24) is 15.5 Å². The highest BCUT2D eigenvalue weighted by molar-refractivity contribution is 5.99. The average Bonchev–Trinajstić information content (AvgIpc) is 2.98. The molecule has 0 radical (unpaired) electrons. The molecule has 0 bridgehead atoms. The van der Waals surface area contributed by atoms with E-state index in [1.54, 1.807) is 54.6 Å². The first kappa shape index (κ1) is 35.8. The van der Waals surface area contributed by atoms with Gasteiger partial charge in [-0.25, -0.2) is 4.79 Å². The minimum atomic E-state index is -4.53. The van der Waals surface area contributed by atoms with E-state index in [4.69, 9.17) is 4.74 Å². The van der Waals surface area contributed by atoms with E-state index in [0.29, 0.717) is 12.0 Å². The van der Waals surface area contributed by atoms with E-state index in [1.807, 2.05) is 6.07 Å². The average molecular weight is 606 g/mol. The molecule has 10 heteroatoms. The third kappa shape index (κ3) is 16.7. The molecule has 0 aromatic heterocycles. The SMILES string of the molecule is CCCCCCCCCCCCN(CC(F)(F)F)[C@@H](Cc1ccccc1)C(=O)NC(=O)CNC(=O)OCc1ccccc1. The quantitative estimate of drug-likeness (QED) is 0.160. The molecule has 2 rings (SSSR count). The molecule has 0 unspecified atom stereocenters. The minimum absolute atomic E-state index is 0.000337. The molecule has 0 fully saturated rings. The molecule has 3 amide bonds. The zero-order chi connectivity index (χ0) is 31.3. The van der Waals surface area contributed by atoms with Crippen LogP contribution in [0, 0.1) is 0 Å². The van der Waals surface area contributed by atoms with Gasteiger partial charge in [0.2, 0.25) is 11.8 Å². The summed E-state index contributed by atoms with van der Waals surface area (Å²) < 4.78 is 46.0. The summed E-state index contributed by atoms with van der Waals surface area (Å²) in [6.45, 7) is 0.414. The number of amides is 3. The number of ether oxygens (including phenoxy) is 1. The number of imide groups is 1. The maximum Gasteiger partial charge on any atom is 0.407 e. The summed E-state index contributed by atoms with van der Waals surface area (Å²) in [5.74, 6) is -1.68. The Bertz CT molecular complexity index is 1070. The fraction of sp³-hybridized carbons (Fsp3) is 0.545. The van der Waals surface area contributed by atoms with Crippen LogP contribution in [0.2, 0.25) is 0 Å². The van der Waals surface area contributed by atoms with Crippen molar-refractivity contribution < 1.29 is 32.3 Å². The van der Waals surface area contributed by atoms with E-state index in [2.05, 4.69) is 17.6 Å². The van der Waals surface area contributed by atoms with E-state index in [-0.39, 0.29) is 19.6 Å². The molecule has 0 heterocycles. The molecule has 2 aromatic rings. The molecule has 0 saturated carbocycles. The monoisotopic (exact) mass is 605 g/mol. The predicted molar refractivity (Wildman–Crippen MR) is 161 cm³/mol. The summed E-state index contributed by atoms with van der Waals surface area (Å²) in [6.07, 6.45) is 5.04. The van der Waals surface area contributed by atoms with Gasteiger partial charge in [-0.05, 0) is 30.5 Å². The lowest BCUT2D eigenvalue weighted by Gasteiger charge is -2.31. The largest absolute Gasteiger partial charge is 0.445 e. The van der Waals surface area contributed by atoms with Gasteiger partial charge < -0.3 is 10.1 Å². The summed E-state index contributed by atoms with van der Waals surface area (Å²) >= 11 is 0. The maximum atomic E-state index is 13.6. The Morgan fingerprint density at radius 2 is 1.33 bits per heavy atom. The Balaban J connectivity index is 1.94. The van der Waals surface area contributed by atoms with Crippen LogP contribution in [-0.4, -0.2) is 54.7 Å². The van der Waals surface area contributed by atoms with Crippen LogP contribution in [0.4, 0.5) is 18.0 Å². The number of nitrogens with one attached hydrogen (secondary N) is 2. The van der Waals surface area contributed by atoms with Gasteiger partial charge in [0.15, 0.2) is 0 Å². The smallest absolute Gasteiger partial charge is 0.407 e. The zero-order valence-electron chi connectivity index (χ0n) is 25.2. The van der Waals surface area contributed by atoms with E-state index in [9.17, 15) is 27.6 Å². The third-order valence-corrected chi connectivity index (χ3v) is 7.07. The first-order valence-corrected chi connectivity index (χ1v) is 15.3. The number of unbranched alkanes of at least 4 members (excludes halogenated alkanes) is 9. The van der Waals surface area contributed by atoms with Crippen molar-refractivity contribution in [2.24, 2.45) is 0 Å². The second-order valence-electron chi connectivity index (χ2n) is 10.8. The fourth-order valence-electron chi connectivity index (χ4n) is 4.79. The summed E-state index contributed by atoms with van der Waals surface area (Å²) in [6, 6.07) is 16.5. The zero-order valence-corrected chi connectivity index (χ0v) is 25.2. The molecule has 43 heavy (non-hydrogen) atoms. The number of halogens is 3. The van der Waals surface area contributed by atoms with Crippen molar-refractivity contribution in [2.45, 2.75) is 96.4 Å². The third-order valence-electron chi connectivity index (χ3n) is 7.07. The van der Waals surface area contributed by atoms with Crippen LogP contribution in [0.25, 0.3) is 0 Å². The van der Waals surface area contributed by atoms with Crippen LogP contribution < -0.4 is 10.6 Å². The van der Waals surface area contributed by atoms with Gasteiger partial charge in [0.25, 0.3) is 0 Å². The fourth-order valence-corrected chi connectivity index (χ4v) is 4.79. The molecular weight excluding hydrogens is 559 g/mol. The number of alkyl halides is 3. The molecule has 238 valence electrons. The molecule has 0 saturated heterocycles. The van der Waals surface area contributed by atoms with Crippen LogP contribution in [0.15, 0.2) is 60.7 Å². The number of carbonyl (C=O) groups is 3. The van der Waals surface area contributed by atoms with Gasteiger partial charge in [-0.2, -0.15) is 13.2 Å². The molecule has 0 aliphatic heterocycles. The van der Waals surface area contributed by atoms with Crippen LogP contribution in [0.5, 0.6) is 0 Å². The molecule has 2 N–H and O–H groups in total. The Morgan fingerprint density at radius 3 is 1.88 bits per heavy atom. The van der Waals surface area contributed by atoms with Crippen molar-refractivity contribution in [2.75, 3.05) is 19.6 Å². The van der Waals surface area contributed by atoms with Gasteiger partial charge in [-0.1, -0.05) is 125 Å². The lowest BCUT2D eigenvalue weighted by molar-refractivity contribution is -0.155. The number of hydrogen-bond acceptors (Lipinski definition) is 5. The summed E-state index contributed by atoms with van der Waals surface area (Å²) in [5.41, 5.74) is 1.43. The number of hydrogen-bond donors (Lipinski definition) is 2. The normalized spacial score (nSPS) is 12.1. The predicted octanol–water partition coefficient (Wildman–Crippen LogP) is 6.95. The molecule has 0 aliphatic rings. The number of rotatable bonds is 20. The van der Waals surface area contributed by atoms with Gasteiger partial charge in [0, 0.05) is 0 Å². The van der Waals surface area contributed by atoms with Gasteiger partial charge >= 0.3 is 12.3 Å². The number of alkyl carbamates (subject to hydrolysis) is 1. The van der Waals surface area contributed by atoms with E-state index < -0.39 is 43.2 Å². The lowest BCUT2D eigenvalue weighted by atomic mass is 10.0. The minimum Gasteiger partial charge on any atom is -0.445 e. The van der Waals surface area contributed by atoms with E-state index in [1.165, 1.54) is 32.1 Å². The van der Waals surface area contributed by atoms with Crippen LogP contribution in [0.3, 0.4) is 0 Å². The first-order valence-electron chi connectivity index (χ1n) is 15.3. The van der Waals surface area contributed by atoms with Gasteiger partial charge in [-0.3, -0.25) is 19.8 Å². The van der Waals surface area contributed by atoms with E-state index in [0.717, 1.165) is 36.1 Å².